The molecule has 5 heteroatoms. The van der Waals surface area contributed by atoms with Crippen LogP contribution in [0.3, 0.4) is 0 Å². The van der Waals surface area contributed by atoms with E-state index in [1.165, 1.54) is 73.9 Å². The number of allylic oxidation sites excluding steroid dienone is 1. The number of thioether (sulfide) groups is 3. The first kappa shape index (κ1) is 54.2. The minimum absolute atomic E-state index is 0.130. The fourth-order valence-corrected chi connectivity index (χ4v) is 15.1. The van der Waals surface area contributed by atoms with Crippen LogP contribution in [0.4, 0.5) is 0 Å². The lowest BCUT2D eigenvalue weighted by atomic mass is 9.70. The number of carbonyl (C=O) groups is 2. The maximum atomic E-state index is 13.8. The molecule has 0 radical (unpaired) electrons. The van der Waals surface area contributed by atoms with E-state index >= 15 is 0 Å². The second kappa shape index (κ2) is 26.4. The van der Waals surface area contributed by atoms with Crippen molar-refractivity contribution in [1.29, 1.82) is 0 Å². The molecule has 372 valence electrons. The van der Waals surface area contributed by atoms with E-state index < -0.39 is 0 Å². The van der Waals surface area contributed by atoms with Crippen molar-refractivity contribution in [3.8, 4) is 0 Å². The molecule has 0 amide bonds. The molecule has 0 fully saturated rings. The smallest absolute Gasteiger partial charge is 0.151 e. The first-order valence-corrected chi connectivity index (χ1v) is 29.8. The molecule has 9 rings (SSSR count). The molecule has 0 saturated carbocycles. The lowest BCUT2D eigenvalue weighted by Crippen LogP contribution is -2.36. The van der Waals surface area contributed by atoms with Crippen LogP contribution in [0.2, 0.25) is 0 Å². The van der Waals surface area contributed by atoms with Crippen molar-refractivity contribution < 1.29 is 9.59 Å². The van der Waals surface area contributed by atoms with E-state index in [0.717, 1.165) is 74.0 Å². The number of hydrogen-bond acceptors (Lipinski definition) is 5. The number of benzene rings is 6. The summed E-state index contributed by atoms with van der Waals surface area (Å²) in [7, 11) is 0. The topological polar surface area (TPSA) is 34.1 Å². The molecule has 6 aromatic carbocycles. The summed E-state index contributed by atoms with van der Waals surface area (Å²) in [5.41, 5.74) is 8.69. The van der Waals surface area contributed by atoms with Crippen molar-refractivity contribution in [3.05, 3.63) is 203 Å². The summed E-state index contributed by atoms with van der Waals surface area (Å²) in [4.78, 5) is 31.5. The van der Waals surface area contributed by atoms with Crippen LogP contribution in [-0.4, -0.2) is 28.8 Å². The predicted molar refractivity (Wildman–Crippen MR) is 308 cm³/mol. The minimum Gasteiger partial charge on any atom is -0.298 e. The molecule has 3 aliphatic rings. The molecule has 5 atom stereocenters. The monoisotopic (exact) mass is 999 g/mol. The van der Waals surface area contributed by atoms with Gasteiger partial charge in [-0.2, -0.15) is 0 Å². The zero-order valence-electron chi connectivity index (χ0n) is 43.5. The average molecular weight is 1000 g/mol. The van der Waals surface area contributed by atoms with Crippen LogP contribution >= 0.6 is 35.3 Å². The lowest BCUT2D eigenvalue weighted by Gasteiger charge is -2.32. The van der Waals surface area contributed by atoms with Crippen LogP contribution in [0, 0.1) is 16.2 Å². The third kappa shape index (κ3) is 12.8. The van der Waals surface area contributed by atoms with Gasteiger partial charge >= 0.3 is 0 Å². The van der Waals surface area contributed by atoms with Gasteiger partial charge in [0.2, 0.25) is 0 Å². The highest BCUT2D eigenvalue weighted by molar-refractivity contribution is 8.00. The Kier molecular flexibility index (Phi) is 20.2. The van der Waals surface area contributed by atoms with E-state index in [2.05, 4.69) is 175 Å². The highest BCUT2D eigenvalue weighted by atomic mass is 32.2. The Labute approximate surface area is 441 Å². The third-order valence-corrected chi connectivity index (χ3v) is 19.8. The Hall–Kier alpha value is -4.55. The number of fused-ring (bicyclic) bond motifs is 3. The van der Waals surface area contributed by atoms with Gasteiger partial charge in [0.05, 0.1) is 11.8 Å². The van der Waals surface area contributed by atoms with E-state index in [1.54, 1.807) is 0 Å². The summed E-state index contributed by atoms with van der Waals surface area (Å²) in [5, 5.41) is 0. The fourth-order valence-electron chi connectivity index (χ4n) is 10.8. The van der Waals surface area contributed by atoms with Gasteiger partial charge in [-0.15, -0.1) is 35.3 Å². The standard InChI is InChI=1S/2C22H26OS.C22H26S/c2*1-3-5-15-22(4-2)16-24-19-14-10-9-13-18(19)20(21(22)23)17-11-7-6-8-12-17;1-3-5-15-22(4-2)16-20(18-11-7-6-8-12-18)19-13-9-10-14-21(19)23-17-22/h2*6-14,20H,3-5,15-16H2,1-2H3;6-14,16H,3-5,15,17H2,1-2H3/t20-,22+;20-,22-;/m01./s1. The molecule has 0 spiro atoms. The minimum atomic E-state index is -0.208. The summed E-state index contributed by atoms with van der Waals surface area (Å²) in [6.45, 7) is 13.4. The van der Waals surface area contributed by atoms with Gasteiger partial charge in [0.25, 0.3) is 0 Å². The van der Waals surface area contributed by atoms with Crippen molar-refractivity contribution in [3.63, 3.8) is 0 Å². The third-order valence-electron chi connectivity index (χ3n) is 15.6. The number of rotatable bonds is 15. The lowest BCUT2D eigenvalue weighted by molar-refractivity contribution is -0.129. The van der Waals surface area contributed by atoms with Crippen LogP contribution < -0.4 is 0 Å². The molecule has 6 aromatic rings. The molecular weight excluding hydrogens is 921 g/mol. The predicted octanol–water partition coefficient (Wildman–Crippen LogP) is 19.0. The molecule has 0 bridgehead atoms. The Morgan fingerprint density at radius 1 is 0.423 bits per heavy atom. The second-order valence-corrected chi connectivity index (χ2v) is 23.1. The molecule has 1 unspecified atom stereocenters. The van der Waals surface area contributed by atoms with Gasteiger partial charge in [-0.25, -0.2) is 0 Å². The Balaban J connectivity index is 0.000000157. The first-order valence-electron chi connectivity index (χ1n) is 26.8. The summed E-state index contributed by atoms with van der Waals surface area (Å²) >= 11 is 5.78. The fraction of sp³-hybridized carbons (Fsp3) is 0.394. The number of carbonyl (C=O) groups excluding carboxylic acids is 2. The van der Waals surface area contributed by atoms with E-state index in [9.17, 15) is 9.59 Å². The van der Waals surface area contributed by atoms with Crippen LogP contribution in [0.25, 0.3) is 5.57 Å². The number of ketones is 2. The van der Waals surface area contributed by atoms with E-state index in [0.29, 0.717) is 17.0 Å². The highest BCUT2D eigenvalue weighted by Crippen LogP contribution is 2.50. The van der Waals surface area contributed by atoms with Crippen molar-refractivity contribution >= 4 is 52.4 Å². The summed E-state index contributed by atoms with van der Waals surface area (Å²) < 4.78 is 0. The summed E-state index contributed by atoms with van der Waals surface area (Å²) in [6.07, 6.45) is 16.1. The van der Waals surface area contributed by atoms with Crippen molar-refractivity contribution in [2.45, 2.75) is 145 Å². The normalized spacial score (nSPS) is 22.6. The van der Waals surface area contributed by atoms with E-state index in [-0.39, 0.29) is 22.7 Å². The largest absolute Gasteiger partial charge is 0.298 e. The van der Waals surface area contributed by atoms with E-state index in [1.807, 2.05) is 71.7 Å². The van der Waals surface area contributed by atoms with Crippen molar-refractivity contribution in [2.75, 3.05) is 17.3 Å². The van der Waals surface area contributed by atoms with Gasteiger partial charge in [-0.1, -0.05) is 232 Å². The van der Waals surface area contributed by atoms with Gasteiger partial charge < -0.3 is 0 Å². The summed E-state index contributed by atoms with van der Waals surface area (Å²) in [5.74, 6) is 3.58. The molecule has 71 heavy (non-hydrogen) atoms. The van der Waals surface area contributed by atoms with Crippen LogP contribution in [0.1, 0.15) is 164 Å². The van der Waals surface area contributed by atoms with Crippen LogP contribution in [-0.2, 0) is 9.59 Å². The van der Waals surface area contributed by atoms with Crippen LogP contribution in [0.5, 0.6) is 0 Å². The SMILES string of the molecule is CCCCC1(CC)C=C(c2ccccc2)c2ccccc2SC1.CCCC[C@]1(CC)CSc2ccccc2[C@@H](c2ccccc2)C1=O.CCCC[C@]1(CC)CSc2ccccc2[C@H](c2ccccc2)C1=O. The van der Waals surface area contributed by atoms with E-state index in [4.69, 9.17) is 0 Å². The van der Waals surface area contributed by atoms with Gasteiger partial charge in [-0.3, -0.25) is 9.59 Å². The Morgan fingerprint density at radius 3 is 1.27 bits per heavy atom. The van der Waals surface area contributed by atoms with Gasteiger partial charge in [0.1, 0.15) is 0 Å². The molecule has 0 saturated heterocycles. The second-order valence-electron chi connectivity index (χ2n) is 20.1. The molecule has 3 heterocycles. The first-order chi connectivity index (χ1) is 34.7. The number of Topliss-reactive ketones (excluding diaryl/α,β-unsaturated/α-hetero) is 2. The van der Waals surface area contributed by atoms with Crippen molar-refractivity contribution in [2.24, 2.45) is 16.2 Å². The zero-order valence-corrected chi connectivity index (χ0v) is 45.9. The van der Waals surface area contributed by atoms with Gasteiger partial charge in [0, 0.05) is 42.8 Å². The van der Waals surface area contributed by atoms with Gasteiger partial charge in [-0.05, 0) is 101 Å². The van der Waals surface area contributed by atoms with Crippen molar-refractivity contribution in [1.82, 2.24) is 0 Å². The molecule has 2 nitrogen and oxygen atoms in total. The highest BCUT2D eigenvalue weighted by Gasteiger charge is 2.45. The van der Waals surface area contributed by atoms with Gasteiger partial charge in [0.15, 0.2) is 11.6 Å². The molecule has 3 aliphatic heterocycles. The molecule has 0 aliphatic carbocycles. The summed E-state index contributed by atoms with van der Waals surface area (Å²) in [6, 6.07) is 57.4. The molecule has 0 aromatic heterocycles. The number of unbranched alkanes of at least 4 members (excludes halogenated alkanes) is 3. The van der Waals surface area contributed by atoms with Crippen LogP contribution in [0.15, 0.2) is 185 Å². The molecule has 0 N–H and O–H groups in total. The Morgan fingerprint density at radius 2 is 0.817 bits per heavy atom. The number of hydrogen-bond donors (Lipinski definition) is 0. The molecular formula is C66H78O2S3. The average Bonchev–Trinajstić information content (AvgIpc) is 3.74. The zero-order chi connectivity index (χ0) is 50.1. The maximum Gasteiger partial charge on any atom is 0.151 e. The quantitative estimate of drug-likeness (QED) is 0.102. The maximum absolute atomic E-state index is 13.8. The Bertz CT molecular complexity index is 2520.